The highest BCUT2D eigenvalue weighted by molar-refractivity contribution is 7.89. The Morgan fingerprint density at radius 3 is 2.24 bits per heavy atom. The number of hydrogen-bond donors (Lipinski definition) is 1. The summed E-state index contributed by atoms with van der Waals surface area (Å²) in [4.78, 5) is 13.0. The van der Waals surface area contributed by atoms with E-state index >= 15 is 0 Å². The number of rotatable bonds is 6. The highest BCUT2D eigenvalue weighted by Crippen LogP contribution is 2.30. The van der Waals surface area contributed by atoms with Gasteiger partial charge in [0.05, 0.1) is 0 Å². The van der Waals surface area contributed by atoms with Gasteiger partial charge in [-0.2, -0.15) is 4.31 Å². The van der Waals surface area contributed by atoms with Crippen molar-refractivity contribution >= 4 is 33.8 Å². The van der Waals surface area contributed by atoms with E-state index in [1.54, 1.807) is 13.0 Å². The molecular weight excluding hydrogens is 486 g/mol. The van der Waals surface area contributed by atoms with Gasteiger partial charge in [-0.15, -0.1) is 0 Å². The number of aromatic nitrogens is 1. The van der Waals surface area contributed by atoms with E-state index in [9.17, 15) is 13.2 Å². The van der Waals surface area contributed by atoms with Gasteiger partial charge in [0.25, 0.3) is 0 Å². The summed E-state index contributed by atoms with van der Waals surface area (Å²) < 4.78 is 34.1. The van der Waals surface area contributed by atoms with Crippen LogP contribution in [-0.2, 0) is 14.8 Å². The SMILES string of the molecule is Cc1cc(C)c(C=Cc2onc(C)c2S(=O)(=O)N2CCC(C(=O)Nc3cc(C)ccc3C)CC2)c(C)c1. The molecule has 37 heavy (non-hydrogen) atoms. The fraction of sp³-hybridized carbons (Fsp3) is 0.379. The lowest BCUT2D eigenvalue weighted by atomic mass is 9.97. The zero-order valence-electron chi connectivity index (χ0n) is 22.4. The fourth-order valence-electron chi connectivity index (χ4n) is 5.00. The number of carbonyl (C=O) groups is 1. The molecule has 1 aromatic heterocycles. The van der Waals surface area contributed by atoms with Crippen LogP contribution in [0.3, 0.4) is 0 Å². The van der Waals surface area contributed by atoms with Crippen LogP contribution in [-0.4, -0.2) is 36.9 Å². The second kappa shape index (κ2) is 10.6. The largest absolute Gasteiger partial charge is 0.355 e. The number of carbonyl (C=O) groups excluding carboxylic acids is 1. The number of piperidine rings is 1. The molecule has 3 aromatic rings. The molecule has 0 spiro atoms. The molecule has 8 heteroatoms. The fourth-order valence-corrected chi connectivity index (χ4v) is 6.72. The third kappa shape index (κ3) is 5.70. The predicted octanol–water partition coefficient (Wildman–Crippen LogP) is 5.73. The molecule has 0 bridgehead atoms. The van der Waals surface area contributed by atoms with Gasteiger partial charge in [-0.25, -0.2) is 8.42 Å². The Labute approximate surface area is 219 Å². The molecule has 2 heterocycles. The highest BCUT2D eigenvalue weighted by atomic mass is 32.2. The van der Waals surface area contributed by atoms with Crippen molar-refractivity contribution in [2.24, 2.45) is 5.92 Å². The van der Waals surface area contributed by atoms with Crippen molar-refractivity contribution < 1.29 is 17.7 Å². The standard InChI is InChI=1S/C29H35N3O4S/c1-18-7-8-20(3)26(17-18)30-29(33)24-11-13-32(14-12-24)37(34,35)28-23(6)31-36-27(28)10-9-25-21(4)15-19(2)16-22(25)5/h7-10,15-17,24H,11-14H2,1-6H3,(H,30,33). The number of sulfonamides is 1. The average Bonchev–Trinajstić information content (AvgIpc) is 3.21. The summed E-state index contributed by atoms with van der Waals surface area (Å²) >= 11 is 0. The van der Waals surface area contributed by atoms with Gasteiger partial charge >= 0.3 is 0 Å². The van der Waals surface area contributed by atoms with E-state index in [2.05, 4.69) is 29.5 Å². The van der Waals surface area contributed by atoms with E-state index < -0.39 is 10.0 Å². The molecule has 0 aliphatic carbocycles. The lowest BCUT2D eigenvalue weighted by molar-refractivity contribution is -0.120. The Morgan fingerprint density at radius 1 is 0.946 bits per heavy atom. The minimum atomic E-state index is -3.84. The Kier molecular flexibility index (Phi) is 7.71. The molecule has 196 valence electrons. The summed E-state index contributed by atoms with van der Waals surface area (Å²) in [6.45, 7) is 12.2. The van der Waals surface area contributed by atoms with E-state index in [0.29, 0.717) is 18.5 Å². The van der Waals surface area contributed by atoms with E-state index in [4.69, 9.17) is 4.52 Å². The molecule has 1 fully saturated rings. The molecule has 1 aliphatic rings. The first-order chi connectivity index (χ1) is 17.5. The van der Waals surface area contributed by atoms with Gasteiger partial charge < -0.3 is 9.84 Å². The van der Waals surface area contributed by atoms with Crippen LogP contribution in [0.1, 0.15) is 57.7 Å². The van der Waals surface area contributed by atoms with E-state index in [1.807, 2.05) is 52.0 Å². The minimum Gasteiger partial charge on any atom is -0.355 e. The highest BCUT2D eigenvalue weighted by Gasteiger charge is 2.36. The van der Waals surface area contributed by atoms with Gasteiger partial charge in [-0.1, -0.05) is 41.1 Å². The first-order valence-corrected chi connectivity index (χ1v) is 14.0. The maximum absolute atomic E-state index is 13.6. The Bertz CT molecular complexity index is 1440. The van der Waals surface area contributed by atoms with E-state index in [1.165, 1.54) is 9.87 Å². The third-order valence-electron chi connectivity index (χ3n) is 7.05. The lowest BCUT2D eigenvalue weighted by Gasteiger charge is -2.30. The number of anilines is 1. The van der Waals surface area contributed by atoms with Gasteiger partial charge in [0, 0.05) is 24.7 Å². The van der Waals surface area contributed by atoms with E-state index in [0.717, 1.165) is 33.5 Å². The molecule has 0 radical (unpaired) electrons. The summed E-state index contributed by atoms with van der Waals surface area (Å²) in [5, 5.41) is 6.98. The number of benzene rings is 2. The molecule has 0 atom stereocenters. The molecule has 4 rings (SSSR count). The average molecular weight is 522 g/mol. The van der Waals surface area contributed by atoms with Crippen LogP contribution in [0.25, 0.3) is 12.2 Å². The monoisotopic (exact) mass is 521 g/mol. The Hall–Kier alpha value is -3.23. The number of hydrogen-bond acceptors (Lipinski definition) is 5. The molecule has 0 saturated carbocycles. The van der Waals surface area contributed by atoms with Crippen LogP contribution in [0.2, 0.25) is 0 Å². The Balaban J connectivity index is 1.49. The van der Waals surface area contributed by atoms with Crippen molar-refractivity contribution in [2.45, 2.75) is 59.3 Å². The molecule has 7 nitrogen and oxygen atoms in total. The first-order valence-electron chi connectivity index (χ1n) is 12.6. The number of amides is 1. The van der Waals surface area contributed by atoms with Crippen molar-refractivity contribution in [1.82, 2.24) is 9.46 Å². The predicted molar refractivity (Wildman–Crippen MR) is 147 cm³/mol. The van der Waals surface area contributed by atoms with Crippen LogP contribution in [0, 0.1) is 47.5 Å². The maximum atomic E-state index is 13.6. The third-order valence-corrected chi connectivity index (χ3v) is 9.10. The van der Waals surface area contributed by atoms with Crippen LogP contribution in [0.15, 0.2) is 39.8 Å². The smallest absolute Gasteiger partial charge is 0.248 e. The van der Waals surface area contributed by atoms with Gasteiger partial charge in [0.1, 0.15) is 5.69 Å². The molecule has 1 aliphatic heterocycles. The van der Waals surface area contributed by atoms with Crippen molar-refractivity contribution in [1.29, 1.82) is 0 Å². The van der Waals surface area contributed by atoms with Crippen LogP contribution >= 0.6 is 0 Å². The number of nitrogens with one attached hydrogen (secondary N) is 1. The molecule has 1 saturated heterocycles. The van der Waals surface area contributed by atoms with Crippen molar-refractivity contribution in [3.63, 3.8) is 0 Å². The van der Waals surface area contributed by atoms with Crippen molar-refractivity contribution in [3.8, 4) is 0 Å². The van der Waals surface area contributed by atoms with Gasteiger partial charge in [0.2, 0.25) is 15.9 Å². The quantitative estimate of drug-likeness (QED) is 0.447. The first kappa shape index (κ1) is 26.8. The molecular formula is C29H35N3O4S. The van der Waals surface area contributed by atoms with Crippen molar-refractivity contribution in [2.75, 3.05) is 18.4 Å². The number of nitrogens with zero attached hydrogens (tertiary/aromatic N) is 2. The number of aryl methyl sites for hydroxylation is 6. The summed E-state index contributed by atoms with van der Waals surface area (Å²) in [6.07, 6.45) is 4.47. The normalized spacial score (nSPS) is 15.4. The van der Waals surface area contributed by atoms with E-state index in [-0.39, 0.29) is 35.6 Å². The molecule has 1 amide bonds. The summed E-state index contributed by atoms with van der Waals surface area (Å²) in [7, 11) is -3.84. The summed E-state index contributed by atoms with van der Waals surface area (Å²) in [6, 6.07) is 10.1. The zero-order valence-corrected chi connectivity index (χ0v) is 23.2. The maximum Gasteiger partial charge on any atom is 0.248 e. The van der Waals surface area contributed by atoms with Crippen LogP contribution in [0.5, 0.6) is 0 Å². The lowest BCUT2D eigenvalue weighted by Crippen LogP contribution is -2.41. The molecule has 0 unspecified atom stereocenters. The van der Waals surface area contributed by atoms with Crippen LogP contribution < -0.4 is 5.32 Å². The van der Waals surface area contributed by atoms with Gasteiger partial charge in [0.15, 0.2) is 10.7 Å². The van der Waals surface area contributed by atoms with Crippen molar-refractivity contribution in [3.05, 3.63) is 75.2 Å². The van der Waals surface area contributed by atoms with Gasteiger partial charge in [-0.3, -0.25) is 4.79 Å². The zero-order chi connectivity index (χ0) is 26.9. The Morgan fingerprint density at radius 2 is 1.59 bits per heavy atom. The molecule has 2 aromatic carbocycles. The van der Waals surface area contributed by atoms with Crippen LogP contribution in [0.4, 0.5) is 5.69 Å². The topological polar surface area (TPSA) is 92.5 Å². The summed E-state index contributed by atoms with van der Waals surface area (Å²) in [5.41, 5.74) is 7.62. The van der Waals surface area contributed by atoms with Gasteiger partial charge in [-0.05, 0) is 94.3 Å². The summed E-state index contributed by atoms with van der Waals surface area (Å²) in [5.74, 6) is -0.104. The molecule has 1 N–H and O–H groups in total. The second-order valence-corrected chi connectivity index (χ2v) is 12.0. The second-order valence-electron chi connectivity index (χ2n) is 10.1. The minimum absolute atomic E-state index is 0.0700.